The lowest BCUT2D eigenvalue weighted by atomic mass is 9.99. The van der Waals surface area contributed by atoms with Gasteiger partial charge in [0.15, 0.2) is 0 Å². The van der Waals surface area contributed by atoms with Crippen LogP contribution in [0.1, 0.15) is 57.7 Å². The van der Waals surface area contributed by atoms with E-state index in [1.807, 2.05) is 6.07 Å². The summed E-state index contributed by atoms with van der Waals surface area (Å²) in [5.74, 6) is 6.03. The maximum absolute atomic E-state index is 13.5. The van der Waals surface area contributed by atoms with Gasteiger partial charge in [-0.25, -0.2) is 10.6 Å². The van der Waals surface area contributed by atoms with Crippen molar-refractivity contribution >= 4 is 74.1 Å². The largest absolute Gasteiger partial charge is 0.506 e. The van der Waals surface area contributed by atoms with Crippen molar-refractivity contribution in [3.63, 3.8) is 0 Å². The number of likely N-dealkylation sites (tertiary alicyclic amines) is 1. The van der Waals surface area contributed by atoms with Gasteiger partial charge in [-0.2, -0.15) is 0 Å². The predicted octanol–water partition coefficient (Wildman–Crippen LogP) is 6.08. The number of H-pyrrole nitrogens is 1. The molecule has 5 aromatic rings. The molecule has 1 aliphatic carbocycles. The third-order valence-electron chi connectivity index (χ3n) is 10.5. The number of hydrogen-bond acceptors (Lipinski definition) is 12. The van der Waals surface area contributed by atoms with Crippen LogP contribution in [0.15, 0.2) is 59.4 Å². The number of fused-ring (bicyclic) bond motifs is 2. The van der Waals surface area contributed by atoms with Gasteiger partial charge in [0.05, 0.1) is 35.3 Å². The number of carbonyl (C=O) groups is 1. The summed E-state index contributed by atoms with van der Waals surface area (Å²) in [6.45, 7) is 4.41. The summed E-state index contributed by atoms with van der Waals surface area (Å²) in [7, 11) is 0. The van der Waals surface area contributed by atoms with E-state index in [1.54, 1.807) is 41.4 Å². The minimum absolute atomic E-state index is 0.0636. The van der Waals surface area contributed by atoms with Crippen molar-refractivity contribution in [2.45, 2.75) is 63.2 Å². The molecule has 1 aliphatic heterocycles. The van der Waals surface area contributed by atoms with Gasteiger partial charge >= 0.3 is 5.97 Å². The fourth-order valence-electron chi connectivity index (χ4n) is 7.74. The van der Waals surface area contributed by atoms with Gasteiger partial charge in [-0.05, 0) is 123 Å². The molecule has 7 rings (SSSR count). The number of aliphatic hydroxyl groups is 1. The number of piperidine rings is 1. The van der Waals surface area contributed by atoms with Gasteiger partial charge in [0, 0.05) is 37.6 Å². The van der Waals surface area contributed by atoms with Crippen molar-refractivity contribution in [2.75, 3.05) is 43.5 Å². The Balaban J connectivity index is 0.895. The minimum atomic E-state index is -1.97. The predicted molar refractivity (Wildman–Crippen MR) is 218 cm³/mol. The average molecular weight is 812 g/mol. The normalized spacial score (nSPS) is 15.2. The number of rotatable bonds is 14. The van der Waals surface area contributed by atoms with Crippen LogP contribution < -0.4 is 27.5 Å². The molecule has 1 fully saturated rings. The summed E-state index contributed by atoms with van der Waals surface area (Å²) >= 11 is 14.6. The minimum Gasteiger partial charge on any atom is -0.506 e. The van der Waals surface area contributed by atoms with Crippen molar-refractivity contribution in [3.05, 3.63) is 106 Å². The van der Waals surface area contributed by atoms with Crippen LogP contribution in [-0.4, -0.2) is 64.9 Å². The summed E-state index contributed by atoms with van der Waals surface area (Å²) in [6.07, 6.45) is 5.57. The van der Waals surface area contributed by atoms with Crippen LogP contribution in [0.4, 0.5) is 11.4 Å². The quantitative estimate of drug-likeness (QED) is 0.0254. The Labute approximate surface area is 331 Å². The highest BCUT2D eigenvalue weighted by atomic mass is 35.5. The molecule has 286 valence electrons. The first-order chi connectivity index (χ1) is 26.0. The second-order valence-corrected chi connectivity index (χ2v) is 17.4. The monoisotopic (exact) mass is 810 g/mol. The molecule has 0 bridgehead atoms. The number of nitrogen functional groups attached to an aromatic ring is 1. The van der Waals surface area contributed by atoms with Crippen LogP contribution in [-0.2, 0) is 40.9 Å². The fourth-order valence-corrected chi connectivity index (χ4v) is 10.1. The first-order valence-corrected chi connectivity index (χ1v) is 20.6. The van der Waals surface area contributed by atoms with Gasteiger partial charge in [-0.1, -0.05) is 29.3 Å². The van der Waals surface area contributed by atoms with Gasteiger partial charge < -0.3 is 40.9 Å². The molecular formula is C39H44Cl2N6O5S2. The summed E-state index contributed by atoms with van der Waals surface area (Å²) < 4.78 is 6.85. The number of aromatic nitrogens is 1. The molecule has 0 spiro atoms. The Morgan fingerprint density at radius 1 is 1.02 bits per heavy atom. The SMILES string of the molecule is Nc1cc(CNCCc2ccc(O)c3[nH]c(=O)ccc23)c2c(c1N(N)CCCN1CCC(OC(=O)C(O)(c3ccc(Cl)s3)c3ccc(Cl)s3)CC1)CCC2. The molecule has 54 heavy (non-hydrogen) atoms. The van der Waals surface area contributed by atoms with Crippen molar-refractivity contribution in [1.29, 1.82) is 0 Å². The van der Waals surface area contributed by atoms with Crippen LogP contribution in [0.2, 0.25) is 8.67 Å². The second kappa shape index (κ2) is 16.6. The number of phenols is 1. The Kier molecular flexibility index (Phi) is 11.9. The molecule has 11 nitrogen and oxygen atoms in total. The molecule has 4 heterocycles. The van der Waals surface area contributed by atoms with E-state index in [1.165, 1.54) is 22.8 Å². The zero-order valence-corrected chi connectivity index (χ0v) is 32.9. The highest BCUT2D eigenvalue weighted by molar-refractivity contribution is 7.18. The lowest BCUT2D eigenvalue weighted by molar-refractivity contribution is -0.169. The van der Waals surface area contributed by atoms with E-state index in [9.17, 15) is 19.8 Å². The topological polar surface area (TPSA) is 170 Å². The first-order valence-electron chi connectivity index (χ1n) is 18.2. The number of thiophene rings is 2. The van der Waals surface area contributed by atoms with E-state index in [2.05, 4.69) is 21.3 Å². The number of halogens is 2. The molecule has 0 radical (unpaired) electrons. The number of nitrogens with one attached hydrogen (secondary N) is 2. The van der Waals surface area contributed by atoms with Crippen LogP contribution >= 0.6 is 45.9 Å². The Morgan fingerprint density at radius 2 is 1.72 bits per heavy atom. The molecule has 0 saturated carbocycles. The van der Waals surface area contributed by atoms with E-state index in [-0.39, 0.29) is 17.4 Å². The number of esters is 1. The lowest BCUT2D eigenvalue weighted by Gasteiger charge is -2.34. The molecule has 2 aliphatic rings. The Bertz CT molecular complexity index is 2160. The summed E-state index contributed by atoms with van der Waals surface area (Å²) in [5, 5.41) is 28.1. The number of ether oxygens (including phenoxy) is 1. The third kappa shape index (κ3) is 8.14. The fraction of sp³-hybridized carbons (Fsp3) is 0.385. The van der Waals surface area contributed by atoms with Gasteiger partial charge in [-0.15, -0.1) is 22.7 Å². The van der Waals surface area contributed by atoms with Crippen molar-refractivity contribution < 1.29 is 19.7 Å². The highest BCUT2D eigenvalue weighted by Gasteiger charge is 2.45. The number of nitrogens with two attached hydrogens (primary N) is 2. The van der Waals surface area contributed by atoms with E-state index in [0.29, 0.717) is 55.6 Å². The number of benzene rings is 2. The number of phenolic OH excluding ortho intramolecular Hbond substituents is 1. The van der Waals surface area contributed by atoms with Crippen LogP contribution in [0.5, 0.6) is 5.75 Å². The summed E-state index contributed by atoms with van der Waals surface area (Å²) in [4.78, 5) is 31.2. The molecule has 8 N–H and O–H groups in total. The van der Waals surface area contributed by atoms with Crippen LogP contribution in [0.25, 0.3) is 10.9 Å². The van der Waals surface area contributed by atoms with Gasteiger partial charge in [0.1, 0.15) is 11.9 Å². The molecule has 1 saturated heterocycles. The number of nitrogens with zero attached hydrogens (tertiary/aromatic N) is 2. The molecule has 2 aromatic carbocycles. The number of pyridine rings is 1. The van der Waals surface area contributed by atoms with Gasteiger partial charge in [-0.3, -0.25) is 4.79 Å². The number of aromatic amines is 1. The van der Waals surface area contributed by atoms with Gasteiger partial charge in [0.2, 0.25) is 11.2 Å². The standard InChI is InChI=1S/C39H44Cl2N6O5S2/c40-33-10-8-31(53-33)39(51,32-9-11-34(41)54-32)38(50)52-25-14-19-46(20-15-25)17-2-18-47(43)37-28-4-1-3-26(28)24(21-29(37)42)22-44-16-13-23-5-7-30(48)36-27(23)6-12-35(49)45-36/h5-12,21,25,44,48,51H,1-4,13-20,22,42-43H2,(H,45,49). The molecule has 3 aromatic heterocycles. The van der Waals surface area contributed by atoms with E-state index in [4.69, 9.17) is 39.5 Å². The second-order valence-electron chi connectivity index (χ2n) is 14.0. The van der Waals surface area contributed by atoms with Crippen molar-refractivity contribution in [3.8, 4) is 5.75 Å². The Morgan fingerprint density at radius 3 is 2.41 bits per heavy atom. The lowest BCUT2D eigenvalue weighted by Crippen LogP contribution is -2.43. The molecule has 0 atom stereocenters. The average Bonchev–Trinajstić information content (AvgIpc) is 3.93. The number of aromatic hydroxyl groups is 1. The number of anilines is 2. The summed E-state index contributed by atoms with van der Waals surface area (Å²) in [6, 6.07) is 15.4. The number of carbonyl (C=O) groups excluding carboxylic acids is 1. The van der Waals surface area contributed by atoms with Crippen molar-refractivity contribution in [2.24, 2.45) is 5.84 Å². The zero-order chi connectivity index (χ0) is 38.0. The third-order valence-corrected chi connectivity index (χ3v) is 13.1. The molecule has 15 heteroatoms. The Hall–Kier alpha value is -3.66. The molecule has 0 amide bonds. The van der Waals surface area contributed by atoms with Crippen LogP contribution in [0.3, 0.4) is 0 Å². The smallest absolute Gasteiger partial charge is 0.349 e. The molecular weight excluding hydrogens is 768 g/mol. The number of hydrogen-bond donors (Lipinski definition) is 6. The van der Waals surface area contributed by atoms with Crippen molar-refractivity contribution in [1.82, 2.24) is 15.2 Å². The first kappa shape index (κ1) is 38.6. The van der Waals surface area contributed by atoms with E-state index < -0.39 is 11.6 Å². The molecule has 0 unspecified atom stereocenters. The summed E-state index contributed by atoms with van der Waals surface area (Å²) in [5.41, 5.74) is 11.3. The van der Waals surface area contributed by atoms with E-state index in [0.717, 1.165) is 97.6 Å². The zero-order valence-electron chi connectivity index (χ0n) is 29.7. The highest BCUT2D eigenvalue weighted by Crippen LogP contribution is 2.42. The van der Waals surface area contributed by atoms with Crippen LogP contribution in [0, 0.1) is 0 Å². The maximum atomic E-state index is 13.5. The van der Waals surface area contributed by atoms with E-state index >= 15 is 0 Å². The number of hydrazine groups is 1. The maximum Gasteiger partial charge on any atom is 0.349 e. The van der Waals surface area contributed by atoms with Gasteiger partial charge in [0.25, 0.3) is 0 Å².